The Labute approximate surface area is 251 Å². The summed E-state index contributed by atoms with van der Waals surface area (Å²) in [4.78, 5) is 15.6. The SMILES string of the molecule is Cc1ccc(S(=O)(=O)N2CCN(C(=O)[C@H](Cc3cccc(C(=N)N)c3)NS(=O)(=O)c3ccc4ccccc4c3)CC2)cc1. The Morgan fingerprint density at radius 2 is 1.49 bits per heavy atom. The second kappa shape index (κ2) is 12.3. The van der Waals surface area contributed by atoms with Crippen LogP contribution in [0.4, 0.5) is 0 Å². The van der Waals surface area contributed by atoms with Gasteiger partial charge >= 0.3 is 0 Å². The molecule has 224 valence electrons. The normalized spacial score (nSPS) is 15.3. The summed E-state index contributed by atoms with van der Waals surface area (Å²) in [5.41, 5.74) is 7.67. The average molecular weight is 620 g/mol. The van der Waals surface area contributed by atoms with E-state index in [9.17, 15) is 21.6 Å². The number of rotatable bonds is 9. The first-order valence-corrected chi connectivity index (χ1v) is 16.7. The molecule has 0 aliphatic carbocycles. The molecule has 10 nitrogen and oxygen atoms in total. The summed E-state index contributed by atoms with van der Waals surface area (Å²) in [5, 5.41) is 9.39. The lowest BCUT2D eigenvalue weighted by Crippen LogP contribution is -2.56. The number of fused-ring (bicyclic) bond motifs is 1. The van der Waals surface area contributed by atoms with Crippen molar-refractivity contribution in [1.82, 2.24) is 13.9 Å². The number of nitrogens with two attached hydrogens (primary N) is 1. The highest BCUT2D eigenvalue weighted by Crippen LogP contribution is 2.22. The standard InChI is InChI=1S/C31H33N5O5S2/c1-22-9-12-27(13-10-22)43(40,41)36-17-15-35(16-18-36)31(37)29(20-23-5-4-8-26(19-23)30(32)33)34-42(38,39)28-14-11-24-6-2-3-7-25(24)21-28/h2-14,19,21,29,34H,15-18,20H2,1H3,(H3,32,33)/t29-/m0/s1. The minimum Gasteiger partial charge on any atom is -0.384 e. The summed E-state index contributed by atoms with van der Waals surface area (Å²) in [7, 11) is -7.87. The summed E-state index contributed by atoms with van der Waals surface area (Å²) in [6.07, 6.45) is 0.00858. The highest BCUT2D eigenvalue weighted by Gasteiger charge is 2.34. The number of amidine groups is 1. The molecule has 1 aliphatic rings. The van der Waals surface area contributed by atoms with Crippen molar-refractivity contribution in [3.63, 3.8) is 0 Å². The van der Waals surface area contributed by atoms with E-state index >= 15 is 0 Å². The molecule has 43 heavy (non-hydrogen) atoms. The number of nitrogens with one attached hydrogen (secondary N) is 2. The second-order valence-electron chi connectivity index (χ2n) is 10.5. The Balaban J connectivity index is 1.38. The van der Waals surface area contributed by atoms with Crippen molar-refractivity contribution in [2.45, 2.75) is 29.2 Å². The fourth-order valence-electron chi connectivity index (χ4n) is 5.10. The zero-order chi connectivity index (χ0) is 30.8. The number of nitrogens with zero attached hydrogens (tertiary/aromatic N) is 2. The van der Waals surface area contributed by atoms with Gasteiger partial charge in [0, 0.05) is 31.7 Å². The summed E-state index contributed by atoms with van der Waals surface area (Å²) in [6, 6.07) is 24.3. The summed E-state index contributed by atoms with van der Waals surface area (Å²) in [6.45, 7) is 2.23. The van der Waals surface area contributed by atoms with E-state index in [0.29, 0.717) is 11.1 Å². The van der Waals surface area contributed by atoms with Crippen LogP contribution in [-0.2, 0) is 31.3 Å². The molecule has 0 spiro atoms. The number of sulfonamides is 2. The maximum atomic E-state index is 13.9. The van der Waals surface area contributed by atoms with E-state index in [1.165, 1.54) is 15.3 Å². The van der Waals surface area contributed by atoms with Crippen LogP contribution in [0.25, 0.3) is 10.8 Å². The fourth-order valence-corrected chi connectivity index (χ4v) is 7.75. The van der Waals surface area contributed by atoms with Gasteiger partial charge < -0.3 is 10.6 Å². The van der Waals surface area contributed by atoms with Crippen molar-refractivity contribution >= 4 is 42.6 Å². The van der Waals surface area contributed by atoms with Gasteiger partial charge in [0.05, 0.1) is 9.79 Å². The molecule has 1 amide bonds. The van der Waals surface area contributed by atoms with Gasteiger partial charge in [-0.15, -0.1) is 0 Å². The van der Waals surface area contributed by atoms with Crippen molar-refractivity contribution in [3.8, 4) is 0 Å². The van der Waals surface area contributed by atoms with E-state index < -0.39 is 32.0 Å². The van der Waals surface area contributed by atoms with Crippen LogP contribution in [0.15, 0.2) is 101 Å². The fraction of sp³-hybridized carbons (Fsp3) is 0.226. The molecule has 1 fully saturated rings. The number of nitrogen functional groups attached to an aromatic ring is 1. The van der Waals surface area contributed by atoms with Gasteiger partial charge in [-0.05, 0) is 60.0 Å². The van der Waals surface area contributed by atoms with E-state index in [2.05, 4.69) is 4.72 Å². The number of aryl methyl sites for hydroxylation is 1. The topological polar surface area (TPSA) is 154 Å². The van der Waals surface area contributed by atoms with Crippen LogP contribution in [0.1, 0.15) is 16.7 Å². The highest BCUT2D eigenvalue weighted by atomic mass is 32.2. The first kappa shape index (κ1) is 30.4. The molecule has 5 rings (SSSR count). The molecule has 1 heterocycles. The first-order chi connectivity index (χ1) is 20.4. The lowest BCUT2D eigenvalue weighted by molar-refractivity contribution is -0.134. The predicted octanol–water partition coefficient (Wildman–Crippen LogP) is 2.85. The van der Waals surface area contributed by atoms with Crippen LogP contribution in [0.3, 0.4) is 0 Å². The van der Waals surface area contributed by atoms with Gasteiger partial charge in [-0.3, -0.25) is 10.2 Å². The number of carbonyl (C=O) groups is 1. The van der Waals surface area contributed by atoms with Gasteiger partial charge in [-0.1, -0.05) is 66.2 Å². The largest absolute Gasteiger partial charge is 0.384 e. The molecule has 4 aromatic rings. The predicted molar refractivity (Wildman–Crippen MR) is 166 cm³/mol. The Hall–Kier alpha value is -4.10. The minimum atomic E-state index is -4.13. The zero-order valence-electron chi connectivity index (χ0n) is 23.6. The van der Waals surface area contributed by atoms with E-state index in [1.54, 1.807) is 60.7 Å². The van der Waals surface area contributed by atoms with Crippen LogP contribution >= 0.6 is 0 Å². The highest BCUT2D eigenvalue weighted by molar-refractivity contribution is 7.89. The number of hydrogen-bond acceptors (Lipinski definition) is 6. The van der Waals surface area contributed by atoms with Crippen molar-refractivity contribution < 1.29 is 21.6 Å². The summed E-state index contributed by atoms with van der Waals surface area (Å²) < 4.78 is 57.5. The van der Waals surface area contributed by atoms with Gasteiger partial charge in [-0.2, -0.15) is 9.03 Å². The van der Waals surface area contributed by atoms with E-state index in [0.717, 1.165) is 16.3 Å². The third kappa shape index (κ3) is 6.78. The Morgan fingerprint density at radius 3 is 2.16 bits per heavy atom. The van der Waals surface area contributed by atoms with Gasteiger partial charge in [0.25, 0.3) is 0 Å². The number of piperazine rings is 1. The quantitative estimate of drug-likeness (QED) is 0.193. The van der Waals surface area contributed by atoms with Crippen LogP contribution in [-0.4, -0.2) is 70.0 Å². The smallest absolute Gasteiger partial charge is 0.243 e. The monoisotopic (exact) mass is 619 g/mol. The van der Waals surface area contributed by atoms with E-state index in [-0.39, 0.29) is 48.2 Å². The maximum Gasteiger partial charge on any atom is 0.243 e. The number of hydrogen-bond donors (Lipinski definition) is 3. The molecule has 12 heteroatoms. The van der Waals surface area contributed by atoms with Crippen LogP contribution in [0.2, 0.25) is 0 Å². The Bertz CT molecular complexity index is 1890. The van der Waals surface area contributed by atoms with Gasteiger partial charge in [-0.25, -0.2) is 16.8 Å². The molecule has 0 saturated carbocycles. The molecule has 0 unspecified atom stereocenters. The average Bonchev–Trinajstić information content (AvgIpc) is 3.00. The lowest BCUT2D eigenvalue weighted by atomic mass is 10.0. The Kier molecular flexibility index (Phi) is 8.65. The third-order valence-corrected chi connectivity index (χ3v) is 10.9. The molecule has 4 N–H and O–H groups in total. The van der Waals surface area contributed by atoms with Crippen LogP contribution in [0, 0.1) is 12.3 Å². The summed E-state index contributed by atoms with van der Waals surface area (Å²) in [5.74, 6) is -0.614. The molecular weight excluding hydrogens is 587 g/mol. The second-order valence-corrected chi connectivity index (χ2v) is 14.2. The number of amides is 1. The molecule has 0 bridgehead atoms. The van der Waals surface area contributed by atoms with E-state index in [4.69, 9.17) is 11.1 Å². The molecule has 0 radical (unpaired) electrons. The molecule has 0 aromatic heterocycles. The van der Waals surface area contributed by atoms with Gasteiger partial charge in [0.15, 0.2) is 0 Å². The molecule has 4 aromatic carbocycles. The van der Waals surface area contributed by atoms with Crippen molar-refractivity contribution in [3.05, 3.63) is 108 Å². The van der Waals surface area contributed by atoms with Gasteiger partial charge in [0.2, 0.25) is 26.0 Å². The van der Waals surface area contributed by atoms with E-state index in [1.807, 2.05) is 31.2 Å². The summed E-state index contributed by atoms with van der Waals surface area (Å²) >= 11 is 0. The third-order valence-electron chi connectivity index (χ3n) is 7.51. The minimum absolute atomic E-state index is 0.00858. The number of benzene rings is 4. The maximum absolute atomic E-state index is 13.9. The van der Waals surface area contributed by atoms with Crippen molar-refractivity contribution in [1.29, 1.82) is 5.41 Å². The molecular formula is C31H33N5O5S2. The first-order valence-electron chi connectivity index (χ1n) is 13.7. The van der Waals surface area contributed by atoms with Crippen LogP contribution < -0.4 is 10.5 Å². The van der Waals surface area contributed by atoms with Crippen molar-refractivity contribution in [2.24, 2.45) is 5.73 Å². The van der Waals surface area contributed by atoms with Crippen LogP contribution in [0.5, 0.6) is 0 Å². The lowest BCUT2D eigenvalue weighted by Gasteiger charge is -2.36. The zero-order valence-corrected chi connectivity index (χ0v) is 25.2. The number of carbonyl (C=O) groups excluding carboxylic acids is 1. The van der Waals surface area contributed by atoms with Crippen molar-refractivity contribution in [2.75, 3.05) is 26.2 Å². The molecule has 1 saturated heterocycles. The Morgan fingerprint density at radius 1 is 0.837 bits per heavy atom. The van der Waals surface area contributed by atoms with Gasteiger partial charge in [0.1, 0.15) is 11.9 Å². The molecule has 1 aliphatic heterocycles. The molecule has 1 atom stereocenters.